The minimum Gasteiger partial charge on any atom is -0.377 e. The topological polar surface area (TPSA) is 27.3 Å². The molecule has 1 rings (SSSR count). The van der Waals surface area contributed by atoms with Gasteiger partial charge in [0.2, 0.25) is 0 Å². The maximum Gasteiger partial charge on any atom is 0.268 e. The normalized spacial score (nSPS) is 21.8. The van der Waals surface area contributed by atoms with Gasteiger partial charge < -0.3 is 15.0 Å². The summed E-state index contributed by atoms with van der Waals surface area (Å²) in [6.45, 7) is 6.80. The lowest BCUT2D eigenvalue weighted by Gasteiger charge is -2.34. The van der Waals surface area contributed by atoms with Crippen LogP contribution in [0.2, 0.25) is 0 Å². The summed E-state index contributed by atoms with van der Waals surface area (Å²) in [6.07, 6.45) is 0. The summed E-state index contributed by atoms with van der Waals surface area (Å²) in [7, 11) is 2.99. The second-order valence-corrected chi connectivity index (χ2v) is 3.57. The summed E-state index contributed by atoms with van der Waals surface area (Å²) in [4.78, 5) is 0. The number of nitrogens with zero attached hydrogens (tertiary/aromatic N) is 1. The maximum atomic E-state index is 3.29. The maximum absolute atomic E-state index is 3.29. The SMILES string of the molecule is CC(C)C(C)N1BNBNB1. The van der Waals surface area contributed by atoms with Gasteiger partial charge in [-0.25, -0.2) is 0 Å². The molecule has 1 aliphatic rings. The number of hydrogen-bond acceptors (Lipinski definition) is 3. The lowest BCUT2D eigenvalue weighted by Crippen LogP contribution is -2.61. The third-order valence-electron chi connectivity index (χ3n) is 2.42. The van der Waals surface area contributed by atoms with Crippen LogP contribution in [0.3, 0.4) is 0 Å². The molecular formula is C5H16B3N3. The van der Waals surface area contributed by atoms with E-state index in [2.05, 4.69) is 35.8 Å². The fourth-order valence-electron chi connectivity index (χ4n) is 1.25. The fraction of sp³-hybridized carbons (Fsp3) is 1.00. The smallest absolute Gasteiger partial charge is 0.268 e. The van der Waals surface area contributed by atoms with Crippen molar-refractivity contribution in [1.82, 2.24) is 15.0 Å². The molecule has 1 atom stereocenters. The van der Waals surface area contributed by atoms with Gasteiger partial charge in [-0.05, 0) is 12.0 Å². The summed E-state index contributed by atoms with van der Waals surface area (Å²) in [6, 6.07) is 0.662. The van der Waals surface area contributed by atoms with Crippen LogP contribution in [-0.4, -0.2) is 33.4 Å². The largest absolute Gasteiger partial charge is 0.377 e. The van der Waals surface area contributed by atoms with Gasteiger partial charge in [-0.1, -0.05) is 20.8 Å². The first-order valence-corrected chi connectivity index (χ1v) is 4.37. The number of hydrogen-bond donors (Lipinski definition) is 2. The molecule has 1 unspecified atom stereocenters. The first-order chi connectivity index (χ1) is 5.22. The van der Waals surface area contributed by atoms with Crippen LogP contribution < -0.4 is 10.3 Å². The Morgan fingerprint density at radius 1 is 1.09 bits per heavy atom. The van der Waals surface area contributed by atoms with Crippen LogP contribution in [0.4, 0.5) is 0 Å². The average Bonchev–Trinajstić information content (AvgIpc) is 2.05. The van der Waals surface area contributed by atoms with E-state index in [0.29, 0.717) is 6.04 Å². The molecule has 2 N–H and O–H groups in total. The van der Waals surface area contributed by atoms with Gasteiger partial charge in [-0.3, -0.25) is 0 Å². The summed E-state index contributed by atoms with van der Waals surface area (Å²) < 4.78 is 2.41. The number of nitrogens with one attached hydrogen (secondary N) is 2. The summed E-state index contributed by atoms with van der Waals surface area (Å²) in [5, 5.41) is 6.57. The average molecular weight is 151 g/mol. The summed E-state index contributed by atoms with van der Waals surface area (Å²) in [5.41, 5.74) is 0. The first-order valence-electron chi connectivity index (χ1n) is 4.37. The molecule has 0 aromatic rings. The second kappa shape index (κ2) is 4.19. The second-order valence-electron chi connectivity index (χ2n) is 3.57. The Bertz CT molecular complexity index is 116. The molecule has 0 bridgehead atoms. The predicted molar refractivity (Wildman–Crippen MR) is 53.9 cm³/mol. The Morgan fingerprint density at radius 2 is 1.64 bits per heavy atom. The molecule has 0 saturated carbocycles. The van der Waals surface area contributed by atoms with Crippen molar-refractivity contribution in [2.24, 2.45) is 5.92 Å². The predicted octanol–water partition coefficient (Wildman–Crippen LogP) is -1.67. The Kier molecular flexibility index (Phi) is 3.49. The van der Waals surface area contributed by atoms with Crippen molar-refractivity contribution in [2.45, 2.75) is 26.8 Å². The third kappa shape index (κ3) is 2.54. The molecule has 6 heteroatoms. The molecule has 1 fully saturated rings. The van der Waals surface area contributed by atoms with Crippen LogP contribution in [0.15, 0.2) is 0 Å². The quantitative estimate of drug-likeness (QED) is 0.461. The Labute approximate surface area is 71.2 Å². The molecule has 3 nitrogen and oxygen atoms in total. The lowest BCUT2D eigenvalue weighted by atomic mass is 9.77. The van der Waals surface area contributed by atoms with E-state index in [1.165, 1.54) is 0 Å². The monoisotopic (exact) mass is 151 g/mol. The van der Waals surface area contributed by atoms with E-state index in [1.54, 1.807) is 0 Å². The molecule has 0 amide bonds. The Morgan fingerprint density at radius 3 is 2.09 bits per heavy atom. The van der Waals surface area contributed by atoms with Gasteiger partial charge in [0.1, 0.15) is 0 Å². The van der Waals surface area contributed by atoms with Crippen LogP contribution in [0.1, 0.15) is 20.8 Å². The molecule has 0 aromatic carbocycles. The van der Waals surface area contributed by atoms with E-state index < -0.39 is 0 Å². The van der Waals surface area contributed by atoms with Crippen LogP contribution in [0.25, 0.3) is 0 Å². The zero-order chi connectivity index (χ0) is 8.27. The van der Waals surface area contributed by atoms with Crippen LogP contribution in [0, 0.1) is 5.92 Å². The van der Waals surface area contributed by atoms with Crippen molar-refractivity contribution >= 4 is 22.6 Å². The molecule has 0 aromatic heterocycles. The van der Waals surface area contributed by atoms with Crippen molar-refractivity contribution in [3.05, 3.63) is 0 Å². The molecule has 11 heavy (non-hydrogen) atoms. The summed E-state index contributed by atoms with van der Waals surface area (Å²) in [5.74, 6) is 0.733. The third-order valence-corrected chi connectivity index (χ3v) is 2.42. The van der Waals surface area contributed by atoms with Crippen LogP contribution >= 0.6 is 0 Å². The highest BCUT2D eigenvalue weighted by atomic mass is 15.1. The van der Waals surface area contributed by atoms with Crippen LogP contribution in [-0.2, 0) is 0 Å². The van der Waals surface area contributed by atoms with Crippen molar-refractivity contribution < 1.29 is 0 Å². The van der Waals surface area contributed by atoms with Gasteiger partial charge in [0.15, 0.2) is 0 Å². The fourth-order valence-corrected chi connectivity index (χ4v) is 1.25. The van der Waals surface area contributed by atoms with Gasteiger partial charge in [0.25, 0.3) is 22.6 Å². The van der Waals surface area contributed by atoms with E-state index in [-0.39, 0.29) is 0 Å². The molecular weight excluding hydrogens is 135 g/mol. The van der Waals surface area contributed by atoms with Crippen molar-refractivity contribution in [2.75, 3.05) is 0 Å². The summed E-state index contributed by atoms with van der Waals surface area (Å²) >= 11 is 0. The van der Waals surface area contributed by atoms with Crippen molar-refractivity contribution in [1.29, 1.82) is 0 Å². The lowest BCUT2D eigenvalue weighted by molar-refractivity contribution is 0.384. The van der Waals surface area contributed by atoms with Gasteiger partial charge in [-0.2, -0.15) is 0 Å². The molecule has 0 aliphatic carbocycles. The first kappa shape index (κ1) is 9.17. The zero-order valence-electron chi connectivity index (χ0n) is 7.72. The molecule has 0 spiro atoms. The van der Waals surface area contributed by atoms with Crippen LogP contribution in [0.5, 0.6) is 0 Å². The number of rotatable bonds is 2. The highest BCUT2D eigenvalue weighted by Gasteiger charge is 2.20. The standard InChI is InChI=1S/C5H16B3N3/c1-4(2)5(3)11-7-9-6-10-8-11/h4-10H,1-3H3. The molecule has 60 valence electrons. The van der Waals surface area contributed by atoms with Gasteiger partial charge in [-0.15, -0.1) is 0 Å². The van der Waals surface area contributed by atoms with Crippen molar-refractivity contribution in [3.63, 3.8) is 0 Å². The highest BCUT2D eigenvalue weighted by Crippen LogP contribution is 2.06. The van der Waals surface area contributed by atoms with E-state index in [4.69, 9.17) is 0 Å². The minimum atomic E-state index is 0.662. The molecule has 1 saturated heterocycles. The zero-order valence-corrected chi connectivity index (χ0v) is 7.72. The molecule has 1 heterocycles. The van der Waals surface area contributed by atoms with Crippen molar-refractivity contribution in [3.8, 4) is 0 Å². The van der Waals surface area contributed by atoms with E-state index in [9.17, 15) is 0 Å². The van der Waals surface area contributed by atoms with E-state index >= 15 is 0 Å². The van der Waals surface area contributed by atoms with E-state index in [0.717, 1.165) is 28.6 Å². The molecule has 1 aliphatic heterocycles. The Balaban J connectivity index is 2.32. The van der Waals surface area contributed by atoms with Gasteiger partial charge >= 0.3 is 0 Å². The minimum absolute atomic E-state index is 0.662. The molecule has 0 radical (unpaired) electrons. The Hall–Kier alpha value is 0.0748. The van der Waals surface area contributed by atoms with Gasteiger partial charge in [0, 0.05) is 0 Å². The highest BCUT2D eigenvalue weighted by molar-refractivity contribution is 6.65. The van der Waals surface area contributed by atoms with Gasteiger partial charge in [0.05, 0.1) is 0 Å². The van der Waals surface area contributed by atoms with E-state index in [1.807, 2.05) is 0 Å².